The highest BCUT2D eigenvalue weighted by Gasteiger charge is 2.29. The smallest absolute Gasteiger partial charge is 0.229 e. The monoisotopic (exact) mass is 264 g/mol. The summed E-state index contributed by atoms with van der Waals surface area (Å²) in [5.41, 5.74) is 12.1. The van der Waals surface area contributed by atoms with Crippen LogP contribution in [0.3, 0.4) is 0 Å². The maximum Gasteiger partial charge on any atom is 0.229 e. The van der Waals surface area contributed by atoms with Crippen LogP contribution in [-0.2, 0) is 4.79 Å². The summed E-state index contributed by atoms with van der Waals surface area (Å²) < 4.78 is 0. The summed E-state index contributed by atoms with van der Waals surface area (Å²) >= 11 is 1.48. The van der Waals surface area contributed by atoms with Crippen LogP contribution >= 0.6 is 11.8 Å². The molecule has 1 aliphatic rings. The van der Waals surface area contributed by atoms with Crippen molar-refractivity contribution in [3.05, 3.63) is 24.3 Å². The van der Waals surface area contributed by atoms with Crippen LogP contribution in [0.2, 0.25) is 0 Å². The standard InChI is InChI=1S/C12H16N4OS/c13-9-3-1-2-4-10(9)18-7-15-12(14)16-11(17)8-5-6-8/h1-4,8H,5-7,13H2,(H3,14,15,16,17). The molecule has 0 heterocycles. The number of nitrogens with one attached hydrogen (secondary N) is 1. The zero-order valence-corrected chi connectivity index (χ0v) is 10.7. The first-order chi connectivity index (χ1) is 8.66. The molecule has 0 saturated heterocycles. The minimum Gasteiger partial charge on any atom is -0.398 e. The summed E-state index contributed by atoms with van der Waals surface area (Å²) in [5, 5.41) is 2.59. The molecule has 0 atom stereocenters. The summed E-state index contributed by atoms with van der Waals surface area (Å²) in [6, 6.07) is 7.56. The van der Waals surface area contributed by atoms with Crippen LogP contribution < -0.4 is 16.8 Å². The van der Waals surface area contributed by atoms with E-state index in [1.807, 2.05) is 24.3 Å². The summed E-state index contributed by atoms with van der Waals surface area (Å²) in [6.45, 7) is 0. The molecule has 5 nitrogen and oxygen atoms in total. The molecule has 5 N–H and O–H groups in total. The molecule has 2 rings (SSSR count). The molecule has 1 aromatic rings. The van der Waals surface area contributed by atoms with Gasteiger partial charge in [0.1, 0.15) is 0 Å². The van der Waals surface area contributed by atoms with E-state index in [2.05, 4.69) is 10.3 Å². The third-order valence-electron chi connectivity index (χ3n) is 2.57. The van der Waals surface area contributed by atoms with Crippen molar-refractivity contribution in [3.8, 4) is 0 Å². The first kappa shape index (κ1) is 12.8. The second kappa shape index (κ2) is 5.77. The van der Waals surface area contributed by atoms with Crippen molar-refractivity contribution in [3.63, 3.8) is 0 Å². The number of thioether (sulfide) groups is 1. The fraction of sp³-hybridized carbons (Fsp3) is 0.333. The number of amides is 1. The third kappa shape index (κ3) is 3.66. The molecule has 0 bridgehead atoms. The summed E-state index contributed by atoms with van der Waals surface area (Å²) in [7, 11) is 0. The molecule has 6 heteroatoms. The largest absolute Gasteiger partial charge is 0.398 e. The lowest BCUT2D eigenvalue weighted by atomic mass is 10.3. The Morgan fingerprint density at radius 1 is 1.44 bits per heavy atom. The molecule has 0 aromatic heterocycles. The number of nitrogen functional groups attached to an aromatic ring is 1. The van der Waals surface area contributed by atoms with Crippen LogP contribution in [-0.4, -0.2) is 17.7 Å². The van der Waals surface area contributed by atoms with E-state index in [4.69, 9.17) is 11.5 Å². The number of nitrogens with two attached hydrogens (primary N) is 2. The number of carbonyl (C=O) groups excluding carboxylic acids is 1. The molecular weight excluding hydrogens is 248 g/mol. The number of para-hydroxylation sites is 1. The second-order valence-corrected chi connectivity index (χ2v) is 5.10. The Labute approximate surface area is 110 Å². The van der Waals surface area contributed by atoms with Gasteiger partial charge in [0.15, 0.2) is 5.96 Å². The van der Waals surface area contributed by atoms with Gasteiger partial charge in [0.25, 0.3) is 0 Å². The molecule has 0 radical (unpaired) electrons. The number of hydrogen-bond acceptors (Lipinski definition) is 4. The predicted molar refractivity (Wildman–Crippen MR) is 74.1 cm³/mol. The Morgan fingerprint density at radius 3 is 2.83 bits per heavy atom. The predicted octanol–water partition coefficient (Wildman–Crippen LogP) is 1.16. The van der Waals surface area contributed by atoms with Crippen LogP contribution in [0.25, 0.3) is 0 Å². The van der Waals surface area contributed by atoms with Crippen molar-refractivity contribution in [2.24, 2.45) is 16.6 Å². The summed E-state index contributed by atoms with van der Waals surface area (Å²) in [5.74, 6) is 0.718. The van der Waals surface area contributed by atoms with E-state index in [-0.39, 0.29) is 17.8 Å². The lowest BCUT2D eigenvalue weighted by molar-refractivity contribution is -0.120. The van der Waals surface area contributed by atoms with Crippen molar-refractivity contribution in [2.45, 2.75) is 17.7 Å². The van der Waals surface area contributed by atoms with Crippen molar-refractivity contribution in [2.75, 3.05) is 11.6 Å². The minimum atomic E-state index is -0.0273. The van der Waals surface area contributed by atoms with Gasteiger partial charge < -0.3 is 11.5 Å². The van der Waals surface area contributed by atoms with E-state index >= 15 is 0 Å². The van der Waals surface area contributed by atoms with Gasteiger partial charge in [0.05, 0.1) is 5.88 Å². The average molecular weight is 264 g/mol. The quantitative estimate of drug-likeness (QED) is 0.329. The number of hydrogen-bond donors (Lipinski definition) is 3. The van der Waals surface area contributed by atoms with Gasteiger partial charge in [-0.3, -0.25) is 10.1 Å². The normalized spacial score (nSPS) is 15.4. The number of aliphatic imine (C=N–C) groups is 1. The van der Waals surface area contributed by atoms with Gasteiger partial charge in [-0.2, -0.15) is 0 Å². The third-order valence-corrected chi connectivity index (χ3v) is 3.51. The average Bonchev–Trinajstić information content (AvgIpc) is 3.15. The molecule has 18 heavy (non-hydrogen) atoms. The van der Waals surface area contributed by atoms with Crippen molar-refractivity contribution >= 4 is 29.3 Å². The number of nitrogens with zero attached hydrogens (tertiary/aromatic N) is 1. The van der Waals surface area contributed by atoms with E-state index in [0.717, 1.165) is 23.4 Å². The van der Waals surface area contributed by atoms with Crippen molar-refractivity contribution in [1.29, 1.82) is 0 Å². The Kier molecular flexibility index (Phi) is 4.09. The van der Waals surface area contributed by atoms with Gasteiger partial charge in [-0.05, 0) is 25.0 Å². The van der Waals surface area contributed by atoms with E-state index in [1.165, 1.54) is 11.8 Å². The minimum absolute atomic E-state index is 0.0273. The Bertz CT molecular complexity index is 471. The second-order valence-electron chi connectivity index (χ2n) is 4.12. The van der Waals surface area contributed by atoms with Crippen molar-refractivity contribution < 1.29 is 4.79 Å². The molecule has 1 aromatic carbocycles. The highest BCUT2D eigenvalue weighted by Crippen LogP contribution is 2.28. The van der Waals surface area contributed by atoms with E-state index < -0.39 is 0 Å². The Balaban J connectivity index is 1.79. The molecule has 1 fully saturated rings. The van der Waals surface area contributed by atoms with Gasteiger partial charge in [-0.1, -0.05) is 12.1 Å². The first-order valence-electron chi connectivity index (χ1n) is 5.75. The van der Waals surface area contributed by atoms with Gasteiger partial charge in [0.2, 0.25) is 5.91 Å². The number of carbonyl (C=O) groups is 1. The van der Waals surface area contributed by atoms with Gasteiger partial charge in [-0.25, -0.2) is 4.99 Å². The first-order valence-corrected chi connectivity index (χ1v) is 6.73. The molecule has 1 saturated carbocycles. The van der Waals surface area contributed by atoms with Gasteiger partial charge in [0, 0.05) is 16.5 Å². The van der Waals surface area contributed by atoms with Gasteiger partial charge >= 0.3 is 0 Å². The number of rotatable bonds is 4. The topological polar surface area (TPSA) is 93.5 Å². The molecular formula is C12H16N4OS. The maximum absolute atomic E-state index is 11.4. The van der Waals surface area contributed by atoms with E-state index in [9.17, 15) is 4.79 Å². The SMILES string of the molecule is N/C(=N\CSc1ccccc1N)NC(=O)C1CC1. The van der Waals surface area contributed by atoms with Crippen LogP contribution in [0.15, 0.2) is 34.2 Å². The molecule has 96 valence electrons. The lowest BCUT2D eigenvalue weighted by Gasteiger charge is -2.04. The fourth-order valence-electron chi connectivity index (χ4n) is 1.40. The summed E-state index contributed by atoms with van der Waals surface area (Å²) in [4.78, 5) is 16.4. The highest BCUT2D eigenvalue weighted by molar-refractivity contribution is 7.99. The van der Waals surface area contributed by atoms with E-state index in [1.54, 1.807) is 0 Å². The molecule has 0 aliphatic heterocycles. The lowest BCUT2D eigenvalue weighted by Crippen LogP contribution is -2.37. The van der Waals surface area contributed by atoms with Crippen LogP contribution in [0, 0.1) is 5.92 Å². The van der Waals surface area contributed by atoms with Crippen molar-refractivity contribution in [1.82, 2.24) is 5.32 Å². The molecule has 0 spiro atoms. The number of anilines is 1. The molecule has 1 amide bonds. The number of guanidine groups is 1. The zero-order chi connectivity index (χ0) is 13.0. The zero-order valence-electron chi connectivity index (χ0n) is 9.93. The Morgan fingerprint density at radius 2 is 2.17 bits per heavy atom. The fourth-order valence-corrected chi connectivity index (χ4v) is 2.15. The van der Waals surface area contributed by atoms with Crippen LogP contribution in [0.4, 0.5) is 5.69 Å². The van der Waals surface area contributed by atoms with E-state index in [0.29, 0.717) is 5.88 Å². The maximum atomic E-state index is 11.4. The number of benzene rings is 1. The van der Waals surface area contributed by atoms with Crippen LogP contribution in [0.1, 0.15) is 12.8 Å². The molecule has 1 aliphatic carbocycles. The molecule has 0 unspecified atom stereocenters. The van der Waals surface area contributed by atoms with Gasteiger partial charge in [-0.15, -0.1) is 11.8 Å². The Hall–Kier alpha value is -1.69. The summed E-state index contributed by atoms with van der Waals surface area (Å²) in [6.07, 6.45) is 1.91. The van der Waals surface area contributed by atoms with Crippen LogP contribution in [0.5, 0.6) is 0 Å². The highest BCUT2D eigenvalue weighted by atomic mass is 32.2.